The quantitative estimate of drug-likeness (QED) is 0.241. The molecule has 0 aliphatic carbocycles. The van der Waals surface area contributed by atoms with Crippen LogP contribution in [0.15, 0.2) is 76.9 Å². The van der Waals surface area contributed by atoms with Crippen LogP contribution in [0.1, 0.15) is 19.4 Å². The highest BCUT2D eigenvalue weighted by atomic mass is 19.4. The number of hydrogen-bond acceptors (Lipinski definition) is 2. The standard InChI is InChI=1S/C25H21F6N3O/c1-16(32-3)22-21(33-4)20(23(2,35-22)25(29,30)31)19(24(26,27)28)11-9-7-8-10-17-12-14-18(15-13-17)34(5)6/h7-15H,1-2,5-6H3/b9-7+,10-8+,19-11-,22-16+. The summed E-state index contributed by atoms with van der Waals surface area (Å²) < 4.78 is 88.4. The molecule has 1 atom stereocenters. The van der Waals surface area contributed by atoms with E-state index in [4.69, 9.17) is 17.9 Å². The van der Waals surface area contributed by atoms with Gasteiger partial charge in [0.15, 0.2) is 5.70 Å². The third-order valence-corrected chi connectivity index (χ3v) is 5.14. The van der Waals surface area contributed by atoms with E-state index in [2.05, 4.69) is 9.69 Å². The fraction of sp³-hybridized carbons (Fsp3) is 0.280. The number of halogens is 6. The van der Waals surface area contributed by atoms with Gasteiger partial charge in [-0.25, -0.2) is 9.69 Å². The topological polar surface area (TPSA) is 21.2 Å². The fourth-order valence-electron chi connectivity index (χ4n) is 3.22. The Balaban J connectivity index is 2.57. The van der Waals surface area contributed by atoms with Crippen LogP contribution in [-0.4, -0.2) is 32.0 Å². The van der Waals surface area contributed by atoms with E-state index in [-0.39, 0.29) is 0 Å². The monoisotopic (exact) mass is 493 g/mol. The molecule has 1 unspecified atom stereocenters. The number of nitrogens with zero attached hydrogens (tertiary/aromatic N) is 3. The molecule has 0 fully saturated rings. The summed E-state index contributed by atoms with van der Waals surface area (Å²) in [6, 6.07) is 7.28. The van der Waals surface area contributed by atoms with E-state index in [9.17, 15) is 26.3 Å². The Labute approximate surface area is 199 Å². The maximum Gasteiger partial charge on any atom is 0.430 e. The number of rotatable bonds is 5. The highest BCUT2D eigenvalue weighted by Gasteiger charge is 2.63. The molecule has 1 aliphatic heterocycles. The molecule has 0 N–H and O–H groups in total. The van der Waals surface area contributed by atoms with Crippen LogP contribution in [0.3, 0.4) is 0 Å². The first-order chi connectivity index (χ1) is 16.2. The van der Waals surface area contributed by atoms with Gasteiger partial charge in [-0.1, -0.05) is 42.5 Å². The van der Waals surface area contributed by atoms with Crippen LogP contribution in [0.2, 0.25) is 0 Å². The Morgan fingerprint density at radius 3 is 2.06 bits per heavy atom. The number of alkyl halides is 6. The van der Waals surface area contributed by atoms with Crippen molar-refractivity contribution >= 4 is 11.8 Å². The molecule has 35 heavy (non-hydrogen) atoms. The molecule has 1 aromatic carbocycles. The predicted octanol–water partition coefficient (Wildman–Crippen LogP) is 7.49. The second-order valence-corrected chi connectivity index (χ2v) is 7.80. The van der Waals surface area contributed by atoms with E-state index in [1.807, 2.05) is 31.1 Å². The summed E-state index contributed by atoms with van der Waals surface area (Å²) in [5, 5.41) is 0. The van der Waals surface area contributed by atoms with Crippen molar-refractivity contribution in [3.8, 4) is 0 Å². The second kappa shape index (κ2) is 10.1. The van der Waals surface area contributed by atoms with Crippen molar-refractivity contribution in [2.45, 2.75) is 31.8 Å². The van der Waals surface area contributed by atoms with E-state index < -0.39 is 46.3 Å². The van der Waals surface area contributed by atoms with Crippen molar-refractivity contribution in [3.63, 3.8) is 0 Å². The first-order valence-electron chi connectivity index (χ1n) is 10.0. The van der Waals surface area contributed by atoms with E-state index in [1.165, 1.54) is 12.2 Å². The molecule has 0 saturated carbocycles. The maximum absolute atomic E-state index is 13.9. The molecule has 1 aliphatic rings. The summed E-state index contributed by atoms with van der Waals surface area (Å²) in [5.41, 5.74) is -6.26. The molecule has 0 amide bonds. The summed E-state index contributed by atoms with van der Waals surface area (Å²) in [7, 11) is 3.74. The molecule has 0 saturated heterocycles. The molecule has 0 bridgehead atoms. The molecule has 1 heterocycles. The van der Waals surface area contributed by atoms with Gasteiger partial charge in [-0.2, -0.15) is 26.3 Å². The van der Waals surface area contributed by atoms with Gasteiger partial charge in [-0.05, 0) is 31.5 Å². The normalized spacial score (nSPS) is 20.7. The summed E-state index contributed by atoms with van der Waals surface area (Å²) in [6.07, 6.45) is -4.87. The van der Waals surface area contributed by atoms with Gasteiger partial charge < -0.3 is 9.64 Å². The van der Waals surface area contributed by atoms with Gasteiger partial charge in [0.1, 0.15) is 5.76 Å². The zero-order chi connectivity index (χ0) is 26.6. The van der Waals surface area contributed by atoms with Gasteiger partial charge in [0.2, 0.25) is 11.3 Å². The minimum atomic E-state index is -5.30. The molecule has 0 aromatic heterocycles. The summed E-state index contributed by atoms with van der Waals surface area (Å²) >= 11 is 0. The SMILES string of the molecule is [C-]#[N+]C1=C(C(=C/C=C/C=C/c2ccc(N(C)C)cc2)/C(F)(F)F)C(C)(C(F)(F)F)O/C1=C(\C)[N+]#[C-]. The summed E-state index contributed by atoms with van der Waals surface area (Å²) in [5.74, 6) is -0.815. The van der Waals surface area contributed by atoms with Crippen LogP contribution >= 0.6 is 0 Å². The lowest BCUT2D eigenvalue weighted by atomic mass is 9.87. The first-order valence-corrected chi connectivity index (χ1v) is 10.0. The largest absolute Gasteiger partial charge is 0.497 e. The van der Waals surface area contributed by atoms with E-state index in [1.54, 1.807) is 18.2 Å². The lowest BCUT2D eigenvalue weighted by Gasteiger charge is -2.32. The Hall–Kier alpha value is -3.92. The van der Waals surface area contributed by atoms with Crippen LogP contribution in [-0.2, 0) is 4.74 Å². The third-order valence-electron chi connectivity index (χ3n) is 5.14. The molecular weight excluding hydrogens is 472 g/mol. The van der Waals surface area contributed by atoms with Crippen LogP contribution < -0.4 is 4.90 Å². The lowest BCUT2D eigenvalue weighted by molar-refractivity contribution is -0.238. The van der Waals surface area contributed by atoms with Crippen LogP contribution in [0.4, 0.5) is 32.0 Å². The Morgan fingerprint density at radius 1 is 1.00 bits per heavy atom. The van der Waals surface area contributed by atoms with Crippen molar-refractivity contribution in [2.24, 2.45) is 0 Å². The number of anilines is 1. The smallest absolute Gasteiger partial charge is 0.430 e. The van der Waals surface area contributed by atoms with Crippen molar-refractivity contribution in [3.05, 3.63) is 105 Å². The van der Waals surface area contributed by atoms with Gasteiger partial charge in [-0.3, -0.25) is 0 Å². The first kappa shape index (κ1) is 27.3. The van der Waals surface area contributed by atoms with Gasteiger partial charge >= 0.3 is 12.4 Å². The van der Waals surface area contributed by atoms with Crippen molar-refractivity contribution in [1.82, 2.24) is 0 Å². The summed E-state index contributed by atoms with van der Waals surface area (Å²) in [6.45, 7) is 15.7. The molecule has 10 heteroatoms. The molecule has 0 radical (unpaired) electrons. The van der Waals surface area contributed by atoms with E-state index in [0.717, 1.165) is 24.3 Å². The maximum atomic E-state index is 13.9. The molecular formula is C25H21F6N3O. The van der Waals surface area contributed by atoms with Gasteiger partial charge in [0.25, 0.3) is 0 Å². The number of benzene rings is 1. The zero-order valence-electron chi connectivity index (χ0n) is 19.2. The highest BCUT2D eigenvalue weighted by molar-refractivity contribution is 5.60. The van der Waals surface area contributed by atoms with Crippen LogP contribution in [0, 0.1) is 13.1 Å². The Morgan fingerprint density at radius 2 is 1.60 bits per heavy atom. The van der Waals surface area contributed by atoms with E-state index >= 15 is 0 Å². The van der Waals surface area contributed by atoms with E-state index in [0.29, 0.717) is 13.0 Å². The van der Waals surface area contributed by atoms with Gasteiger partial charge in [-0.15, -0.1) is 0 Å². The van der Waals surface area contributed by atoms with Crippen LogP contribution in [0.5, 0.6) is 0 Å². The molecule has 1 aromatic rings. The summed E-state index contributed by atoms with van der Waals surface area (Å²) in [4.78, 5) is 7.72. The minimum absolute atomic E-state index is 0.415. The van der Waals surface area contributed by atoms with Crippen molar-refractivity contribution in [2.75, 3.05) is 19.0 Å². The highest BCUT2D eigenvalue weighted by Crippen LogP contribution is 2.54. The Kier molecular flexibility index (Phi) is 7.92. The predicted molar refractivity (Wildman–Crippen MR) is 122 cm³/mol. The number of hydrogen-bond donors (Lipinski definition) is 0. The third kappa shape index (κ3) is 5.78. The lowest BCUT2D eigenvalue weighted by Crippen LogP contribution is -2.45. The molecule has 2 rings (SSSR count). The number of allylic oxidation sites excluding steroid dienone is 5. The zero-order valence-corrected chi connectivity index (χ0v) is 19.2. The molecule has 184 valence electrons. The van der Waals surface area contributed by atoms with Crippen molar-refractivity contribution in [1.29, 1.82) is 0 Å². The average Bonchev–Trinajstić information content (AvgIpc) is 3.08. The number of ether oxygens (including phenoxy) is 1. The molecule has 0 spiro atoms. The Bertz CT molecular complexity index is 1200. The molecule has 4 nitrogen and oxygen atoms in total. The average molecular weight is 493 g/mol. The van der Waals surface area contributed by atoms with Crippen molar-refractivity contribution < 1.29 is 31.1 Å². The fourth-order valence-corrected chi connectivity index (χ4v) is 3.22. The minimum Gasteiger partial charge on any atom is -0.497 e. The van der Waals surface area contributed by atoms with Gasteiger partial charge in [0.05, 0.1) is 18.7 Å². The second-order valence-electron chi connectivity index (χ2n) is 7.80. The van der Waals surface area contributed by atoms with Gasteiger partial charge in [0, 0.05) is 25.4 Å². The van der Waals surface area contributed by atoms with Crippen LogP contribution in [0.25, 0.3) is 15.8 Å².